The zero-order chi connectivity index (χ0) is 20.1. The predicted octanol–water partition coefficient (Wildman–Crippen LogP) is 2.89. The molecule has 2 aromatic rings. The first-order chi connectivity index (χ1) is 13.5. The third kappa shape index (κ3) is 4.65. The smallest absolute Gasteiger partial charge is 0.254 e. The van der Waals surface area contributed by atoms with Gasteiger partial charge in [0.2, 0.25) is 5.91 Å². The van der Waals surface area contributed by atoms with Crippen LogP contribution in [0.5, 0.6) is 5.75 Å². The Morgan fingerprint density at radius 3 is 2.36 bits per heavy atom. The molecule has 0 aromatic heterocycles. The second-order valence-electron chi connectivity index (χ2n) is 6.65. The van der Waals surface area contributed by atoms with Gasteiger partial charge in [0, 0.05) is 38.2 Å². The van der Waals surface area contributed by atoms with Crippen LogP contribution >= 0.6 is 0 Å². The van der Waals surface area contributed by atoms with E-state index < -0.39 is 11.6 Å². The number of halogens is 2. The van der Waals surface area contributed by atoms with Crippen LogP contribution in [0.4, 0.5) is 8.78 Å². The molecule has 1 saturated heterocycles. The molecule has 0 spiro atoms. The van der Waals surface area contributed by atoms with Gasteiger partial charge in [-0.2, -0.15) is 0 Å². The largest absolute Gasteiger partial charge is 0.494 e. The molecule has 7 heteroatoms. The van der Waals surface area contributed by atoms with Gasteiger partial charge in [0.15, 0.2) is 11.6 Å². The SMILES string of the molecule is COc1ccc(CCC(=O)N2CCN(C(=O)c3cccc(F)c3)CC2)cc1F. The van der Waals surface area contributed by atoms with Crippen molar-refractivity contribution in [1.29, 1.82) is 0 Å². The number of carbonyl (C=O) groups is 2. The van der Waals surface area contributed by atoms with Crippen molar-refractivity contribution in [2.45, 2.75) is 12.8 Å². The number of aryl methyl sites for hydroxylation is 1. The molecule has 0 N–H and O–H groups in total. The minimum atomic E-state index is -0.449. The van der Waals surface area contributed by atoms with Gasteiger partial charge in [0.25, 0.3) is 5.91 Å². The number of hydrogen-bond donors (Lipinski definition) is 0. The lowest BCUT2D eigenvalue weighted by molar-refractivity contribution is -0.132. The number of amides is 2. The third-order valence-electron chi connectivity index (χ3n) is 4.83. The van der Waals surface area contributed by atoms with E-state index >= 15 is 0 Å². The van der Waals surface area contributed by atoms with Crippen molar-refractivity contribution in [2.75, 3.05) is 33.3 Å². The van der Waals surface area contributed by atoms with Gasteiger partial charge < -0.3 is 14.5 Å². The van der Waals surface area contributed by atoms with Gasteiger partial charge in [-0.25, -0.2) is 8.78 Å². The second kappa shape index (κ2) is 8.82. The molecule has 1 aliphatic heterocycles. The molecule has 0 aliphatic carbocycles. The highest BCUT2D eigenvalue weighted by atomic mass is 19.1. The first kappa shape index (κ1) is 19.8. The topological polar surface area (TPSA) is 49.9 Å². The molecule has 0 bridgehead atoms. The van der Waals surface area contributed by atoms with Gasteiger partial charge >= 0.3 is 0 Å². The molecule has 148 valence electrons. The van der Waals surface area contributed by atoms with Crippen molar-refractivity contribution in [3.8, 4) is 5.75 Å². The highest BCUT2D eigenvalue weighted by Gasteiger charge is 2.24. The summed E-state index contributed by atoms with van der Waals surface area (Å²) in [5, 5.41) is 0. The molecule has 0 unspecified atom stereocenters. The van der Waals surface area contributed by atoms with Gasteiger partial charge in [-0.05, 0) is 42.3 Å². The number of piperazine rings is 1. The van der Waals surface area contributed by atoms with Crippen molar-refractivity contribution in [1.82, 2.24) is 9.80 Å². The number of ether oxygens (including phenoxy) is 1. The second-order valence-corrected chi connectivity index (χ2v) is 6.65. The predicted molar refractivity (Wildman–Crippen MR) is 100 cm³/mol. The molecule has 1 aliphatic rings. The fraction of sp³-hybridized carbons (Fsp3) is 0.333. The summed E-state index contributed by atoms with van der Waals surface area (Å²) in [6.45, 7) is 1.66. The summed E-state index contributed by atoms with van der Waals surface area (Å²) in [6.07, 6.45) is 0.700. The number of benzene rings is 2. The number of rotatable bonds is 5. The standard InChI is InChI=1S/C21H22F2N2O3/c1-28-19-7-5-15(13-18(19)23)6-8-20(26)24-9-11-25(12-10-24)21(27)16-3-2-4-17(22)14-16/h2-5,7,13-14H,6,8-12H2,1H3. The van der Waals surface area contributed by atoms with Crippen molar-refractivity contribution in [2.24, 2.45) is 0 Å². The summed E-state index contributed by atoms with van der Waals surface area (Å²) < 4.78 is 31.9. The number of nitrogens with zero attached hydrogens (tertiary/aromatic N) is 2. The summed E-state index contributed by atoms with van der Waals surface area (Å²) in [5.74, 6) is -0.991. The van der Waals surface area contributed by atoms with E-state index in [1.54, 1.807) is 28.0 Å². The summed E-state index contributed by atoms with van der Waals surface area (Å²) in [4.78, 5) is 28.2. The first-order valence-electron chi connectivity index (χ1n) is 9.13. The summed E-state index contributed by atoms with van der Waals surface area (Å²) in [7, 11) is 1.40. The lowest BCUT2D eigenvalue weighted by Gasteiger charge is -2.35. The van der Waals surface area contributed by atoms with Gasteiger partial charge in [0.05, 0.1) is 7.11 Å². The van der Waals surface area contributed by atoms with Crippen molar-refractivity contribution in [3.63, 3.8) is 0 Å². The summed E-state index contributed by atoms with van der Waals surface area (Å²) >= 11 is 0. The van der Waals surface area contributed by atoms with Crippen LogP contribution in [0.3, 0.4) is 0 Å². The van der Waals surface area contributed by atoms with Crippen LogP contribution in [0.2, 0.25) is 0 Å². The molecule has 1 heterocycles. The van der Waals surface area contributed by atoms with Gasteiger partial charge in [-0.3, -0.25) is 9.59 Å². The van der Waals surface area contributed by atoms with E-state index in [0.29, 0.717) is 38.2 Å². The monoisotopic (exact) mass is 388 g/mol. The van der Waals surface area contributed by atoms with Crippen LogP contribution in [0.1, 0.15) is 22.3 Å². The normalized spacial score (nSPS) is 14.1. The quantitative estimate of drug-likeness (QED) is 0.792. The third-order valence-corrected chi connectivity index (χ3v) is 4.83. The molecular weight excluding hydrogens is 366 g/mol. The molecule has 2 aromatic carbocycles. The molecule has 28 heavy (non-hydrogen) atoms. The lowest BCUT2D eigenvalue weighted by Crippen LogP contribution is -2.50. The number of hydrogen-bond acceptors (Lipinski definition) is 3. The molecule has 0 radical (unpaired) electrons. The maximum absolute atomic E-state index is 13.7. The van der Waals surface area contributed by atoms with E-state index in [-0.39, 0.29) is 24.0 Å². The van der Waals surface area contributed by atoms with Crippen LogP contribution in [0.25, 0.3) is 0 Å². The van der Waals surface area contributed by atoms with E-state index in [0.717, 1.165) is 5.56 Å². The molecule has 3 rings (SSSR count). The Morgan fingerprint density at radius 2 is 1.71 bits per heavy atom. The molecular formula is C21H22F2N2O3. The van der Waals surface area contributed by atoms with Crippen LogP contribution in [-0.4, -0.2) is 54.9 Å². The molecule has 5 nitrogen and oxygen atoms in total. The molecule has 0 atom stereocenters. The van der Waals surface area contributed by atoms with Crippen molar-refractivity contribution >= 4 is 11.8 Å². The Morgan fingerprint density at radius 1 is 1.00 bits per heavy atom. The lowest BCUT2D eigenvalue weighted by atomic mass is 10.1. The van der Waals surface area contributed by atoms with Crippen LogP contribution in [0, 0.1) is 11.6 Å². The Labute approximate surface area is 162 Å². The minimum absolute atomic E-state index is 0.0333. The van der Waals surface area contributed by atoms with Gasteiger partial charge in [-0.1, -0.05) is 12.1 Å². The molecule has 0 saturated carbocycles. The Hall–Kier alpha value is -2.96. The Balaban J connectivity index is 1.49. The number of carbonyl (C=O) groups excluding carboxylic acids is 2. The van der Waals surface area contributed by atoms with Crippen LogP contribution in [0.15, 0.2) is 42.5 Å². The van der Waals surface area contributed by atoms with Crippen LogP contribution < -0.4 is 4.74 Å². The minimum Gasteiger partial charge on any atom is -0.494 e. The van der Waals surface area contributed by atoms with Gasteiger partial charge in [0.1, 0.15) is 5.82 Å². The molecule has 2 amide bonds. The highest BCUT2D eigenvalue weighted by molar-refractivity contribution is 5.94. The Kier molecular flexibility index (Phi) is 6.23. The van der Waals surface area contributed by atoms with Crippen molar-refractivity contribution < 1.29 is 23.1 Å². The maximum Gasteiger partial charge on any atom is 0.254 e. The zero-order valence-corrected chi connectivity index (χ0v) is 15.7. The van der Waals surface area contributed by atoms with E-state index in [2.05, 4.69) is 0 Å². The fourth-order valence-electron chi connectivity index (χ4n) is 3.24. The average Bonchev–Trinajstić information content (AvgIpc) is 2.71. The first-order valence-corrected chi connectivity index (χ1v) is 9.13. The molecule has 1 fully saturated rings. The van der Waals surface area contributed by atoms with Crippen LogP contribution in [-0.2, 0) is 11.2 Å². The summed E-state index contributed by atoms with van der Waals surface area (Å²) in [6, 6.07) is 10.3. The van der Waals surface area contributed by atoms with E-state index in [9.17, 15) is 18.4 Å². The fourth-order valence-corrected chi connectivity index (χ4v) is 3.24. The van der Waals surface area contributed by atoms with E-state index in [4.69, 9.17) is 4.74 Å². The van der Waals surface area contributed by atoms with E-state index in [1.807, 2.05) is 0 Å². The highest BCUT2D eigenvalue weighted by Crippen LogP contribution is 2.19. The Bertz CT molecular complexity index is 864. The number of methoxy groups -OCH3 is 1. The average molecular weight is 388 g/mol. The van der Waals surface area contributed by atoms with E-state index in [1.165, 1.54) is 31.4 Å². The summed E-state index contributed by atoms with van der Waals surface area (Å²) in [5.41, 5.74) is 1.04. The van der Waals surface area contributed by atoms with Crippen molar-refractivity contribution in [3.05, 3.63) is 65.2 Å². The van der Waals surface area contributed by atoms with Gasteiger partial charge in [-0.15, -0.1) is 0 Å². The maximum atomic E-state index is 13.7. The zero-order valence-electron chi connectivity index (χ0n) is 15.7.